The van der Waals surface area contributed by atoms with Gasteiger partial charge in [-0.25, -0.2) is 0 Å². The van der Waals surface area contributed by atoms with Gasteiger partial charge in [0.15, 0.2) is 18.3 Å². The Balaban J connectivity index is 6.29. The average molecular weight is 420 g/mol. The summed E-state index contributed by atoms with van der Waals surface area (Å²) in [5, 5.41) is 9.18. The Morgan fingerprint density at radius 2 is 1.10 bits per heavy atom. The van der Waals surface area contributed by atoms with Crippen molar-refractivity contribution in [2.24, 2.45) is 0 Å². The molecule has 29 heavy (non-hydrogen) atoms. The van der Waals surface area contributed by atoms with Gasteiger partial charge >= 0.3 is 29.8 Å². The fourth-order valence-corrected chi connectivity index (χ4v) is 2.23. The van der Waals surface area contributed by atoms with Crippen LogP contribution in [0.1, 0.15) is 34.6 Å². The van der Waals surface area contributed by atoms with E-state index < -0.39 is 73.3 Å². The summed E-state index contributed by atoms with van der Waals surface area (Å²) in [7, 11) is 0. The number of carbonyl (C=O) groups excluding carboxylic acids is 6. The molecule has 4 unspecified atom stereocenters. The van der Waals surface area contributed by atoms with Crippen LogP contribution in [-0.2, 0) is 52.5 Å². The number of carbonyl (C=O) groups is 6. The van der Waals surface area contributed by atoms with Gasteiger partial charge in [0.2, 0.25) is 11.9 Å². The third kappa shape index (κ3) is 10.2. The first kappa shape index (κ1) is 26.0. The van der Waals surface area contributed by atoms with Crippen LogP contribution in [0.4, 0.5) is 0 Å². The van der Waals surface area contributed by atoms with Crippen LogP contribution >= 0.6 is 0 Å². The Hall–Kier alpha value is -3.02. The van der Waals surface area contributed by atoms with Gasteiger partial charge in [0.25, 0.3) is 0 Å². The summed E-state index contributed by atoms with van der Waals surface area (Å²) in [6.45, 7) is 3.21. The van der Waals surface area contributed by atoms with Crippen molar-refractivity contribution in [1.29, 1.82) is 0 Å². The Morgan fingerprint density at radius 1 is 0.655 bits per heavy atom. The molecule has 4 atom stereocenters. The summed E-state index contributed by atoms with van der Waals surface area (Å²) in [5.74, 6) is -5.61. The summed E-state index contributed by atoms with van der Waals surface area (Å²) in [6, 6.07) is 0. The quantitative estimate of drug-likeness (QED) is 0.315. The van der Waals surface area contributed by atoms with Crippen LogP contribution in [0.3, 0.4) is 0 Å². The summed E-state index contributed by atoms with van der Waals surface area (Å²) in [4.78, 5) is 69.3. The Labute approximate surface area is 166 Å². The molecule has 0 aromatic rings. The minimum atomic E-state index is -1.90. The van der Waals surface area contributed by atoms with Gasteiger partial charge in [0, 0.05) is 34.6 Å². The number of ether oxygens (including phenoxy) is 5. The van der Waals surface area contributed by atoms with E-state index in [2.05, 4.69) is 0 Å². The zero-order valence-electron chi connectivity index (χ0n) is 16.7. The molecule has 0 rings (SSSR count). The Kier molecular flexibility index (Phi) is 11.1. The third-order valence-corrected chi connectivity index (χ3v) is 3.13. The highest BCUT2D eigenvalue weighted by Crippen LogP contribution is 2.20. The van der Waals surface area contributed by atoms with E-state index in [9.17, 15) is 33.9 Å². The SMILES string of the molecule is CC(=O)OCC(OC(C)=O)C(OC(C)=O)C(OC(C)=O)C(OC(C)=O)C(=O)CO. The van der Waals surface area contributed by atoms with E-state index in [-0.39, 0.29) is 0 Å². The van der Waals surface area contributed by atoms with Crippen molar-refractivity contribution in [3.63, 3.8) is 0 Å². The molecule has 0 aliphatic carbocycles. The van der Waals surface area contributed by atoms with Crippen molar-refractivity contribution in [1.82, 2.24) is 0 Å². The topological polar surface area (TPSA) is 169 Å². The van der Waals surface area contributed by atoms with Crippen molar-refractivity contribution in [2.45, 2.75) is 59.0 Å². The van der Waals surface area contributed by atoms with Crippen molar-refractivity contribution in [3.05, 3.63) is 0 Å². The largest absolute Gasteiger partial charge is 0.462 e. The predicted molar refractivity (Wildman–Crippen MR) is 90.9 cm³/mol. The predicted octanol–water partition coefficient (Wildman–Crippen LogP) is -1.16. The highest BCUT2D eigenvalue weighted by molar-refractivity contribution is 5.87. The van der Waals surface area contributed by atoms with E-state index >= 15 is 0 Å². The lowest BCUT2D eigenvalue weighted by molar-refractivity contribution is -0.203. The lowest BCUT2D eigenvalue weighted by Gasteiger charge is -2.34. The number of rotatable bonds is 11. The fraction of sp³-hybridized carbons (Fsp3) is 0.647. The van der Waals surface area contributed by atoms with Crippen LogP contribution in [0.25, 0.3) is 0 Å². The minimum absolute atomic E-state index is 0.634. The van der Waals surface area contributed by atoms with Gasteiger partial charge in [-0.05, 0) is 0 Å². The van der Waals surface area contributed by atoms with Crippen molar-refractivity contribution >= 4 is 35.6 Å². The molecule has 0 saturated carbocycles. The molecule has 12 nitrogen and oxygen atoms in total. The zero-order chi connectivity index (χ0) is 22.7. The maximum Gasteiger partial charge on any atom is 0.303 e. The van der Waals surface area contributed by atoms with Crippen LogP contribution in [-0.4, -0.2) is 78.4 Å². The molecule has 0 bridgehead atoms. The Morgan fingerprint density at radius 3 is 1.48 bits per heavy atom. The summed E-state index contributed by atoms with van der Waals surface area (Å²) >= 11 is 0. The van der Waals surface area contributed by atoms with Gasteiger partial charge in [-0.1, -0.05) is 0 Å². The van der Waals surface area contributed by atoms with Gasteiger partial charge in [-0.2, -0.15) is 0 Å². The van der Waals surface area contributed by atoms with Crippen molar-refractivity contribution in [3.8, 4) is 0 Å². The summed E-state index contributed by atoms with van der Waals surface area (Å²) in [6.07, 6.45) is -6.98. The molecule has 1 N–H and O–H groups in total. The first-order valence-electron chi connectivity index (χ1n) is 8.34. The lowest BCUT2D eigenvalue weighted by atomic mass is 9.99. The van der Waals surface area contributed by atoms with E-state index in [1.165, 1.54) is 0 Å². The lowest BCUT2D eigenvalue weighted by Crippen LogP contribution is -2.55. The average Bonchev–Trinajstić information content (AvgIpc) is 2.58. The maximum atomic E-state index is 12.1. The molecule has 0 aromatic heterocycles. The van der Waals surface area contributed by atoms with E-state index in [1.807, 2.05) is 0 Å². The van der Waals surface area contributed by atoms with E-state index in [0.29, 0.717) is 0 Å². The van der Waals surface area contributed by atoms with Crippen LogP contribution in [0.2, 0.25) is 0 Å². The number of hydrogen-bond donors (Lipinski definition) is 1. The first-order valence-corrected chi connectivity index (χ1v) is 8.34. The molecule has 0 amide bonds. The van der Waals surface area contributed by atoms with E-state index in [1.54, 1.807) is 0 Å². The van der Waals surface area contributed by atoms with Crippen LogP contribution in [0.5, 0.6) is 0 Å². The highest BCUT2D eigenvalue weighted by Gasteiger charge is 2.46. The third-order valence-electron chi connectivity index (χ3n) is 3.13. The van der Waals surface area contributed by atoms with Crippen LogP contribution in [0, 0.1) is 0 Å². The molecule has 0 aliphatic rings. The first-order chi connectivity index (χ1) is 13.4. The number of aliphatic hydroxyl groups excluding tert-OH is 1. The van der Waals surface area contributed by atoms with E-state index in [0.717, 1.165) is 34.6 Å². The monoisotopic (exact) mass is 420 g/mol. The second-order valence-electron chi connectivity index (χ2n) is 5.75. The maximum absolute atomic E-state index is 12.1. The van der Waals surface area contributed by atoms with Gasteiger partial charge in [0.05, 0.1) is 0 Å². The van der Waals surface area contributed by atoms with Gasteiger partial charge < -0.3 is 28.8 Å². The van der Waals surface area contributed by atoms with Gasteiger partial charge in [-0.3, -0.25) is 28.8 Å². The molecule has 12 heteroatoms. The van der Waals surface area contributed by atoms with Gasteiger partial charge in [-0.15, -0.1) is 0 Å². The number of ketones is 1. The number of hydrogen-bond acceptors (Lipinski definition) is 12. The minimum Gasteiger partial charge on any atom is -0.462 e. The van der Waals surface area contributed by atoms with Crippen LogP contribution < -0.4 is 0 Å². The molecule has 0 saturated heterocycles. The van der Waals surface area contributed by atoms with Gasteiger partial charge in [0.1, 0.15) is 13.2 Å². The summed E-state index contributed by atoms with van der Waals surface area (Å²) in [5.41, 5.74) is 0. The number of Topliss-reactive ketones (excluding diaryl/α,β-unsaturated/α-hetero) is 1. The number of aliphatic hydroxyl groups is 1. The molecule has 0 heterocycles. The fourth-order valence-electron chi connectivity index (χ4n) is 2.23. The molecule has 0 fully saturated rings. The second kappa shape index (κ2) is 12.4. The smallest absolute Gasteiger partial charge is 0.303 e. The molecular weight excluding hydrogens is 396 g/mol. The molecule has 0 radical (unpaired) electrons. The van der Waals surface area contributed by atoms with Crippen molar-refractivity contribution < 1.29 is 57.6 Å². The standard InChI is InChI=1S/C17H24O12/c1-8(19)25-7-14(26-9(2)20)16(28-11(4)22)17(29-12(5)23)15(13(24)6-18)27-10(3)21/h14-18H,6-7H2,1-5H3. The highest BCUT2D eigenvalue weighted by atomic mass is 16.6. The van der Waals surface area contributed by atoms with E-state index in [4.69, 9.17) is 23.7 Å². The molecule has 0 aliphatic heterocycles. The van der Waals surface area contributed by atoms with Crippen LogP contribution in [0.15, 0.2) is 0 Å². The second-order valence-corrected chi connectivity index (χ2v) is 5.75. The summed E-state index contributed by atoms with van der Waals surface area (Å²) < 4.78 is 24.7. The molecule has 0 aromatic carbocycles. The molecule has 164 valence electrons. The zero-order valence-corrected chi connectivity index (χ0v) is 16.7. The normalized spacial score (nSPS) is 14.4. The Bertz CT molecular complexity index is 640. The molecule has 0 spiro atoms. The molecular formula is C17H24O12. The van der Waals surface area contributed by atoms with Crippen molar-refractivity contribution in [2.75, 3.05) is 13.2 Å². The number of esters is 5.